The van der Waals surface area contributed by atoms with Crippen LogP contribution in [0, 0.1) is 0 Å². The Morgan fingerprint density at radius 3 is 2.86 bits per heavy atom. The summed E-state index contributed by atoms with van der Waals surface area (Å²) < 4.78 is 5.25. The van der Waals surface area contributed by atoms with Crippen LogP contribution in [0.25, 0.3) is 0 Å². The molecule has 0 saturated heterocycles. The highest BCUT2D eigenvalue weighted by Gasteiger charge is 2.25. The van der Waals surface area contributed by atoms with Gasteiger partial charge >= 0.3 is 0 Å². The van der Waals surface area contributed by atoms with Gasteiger partial charge in [-0.25, -0.2) is 15.0 Å². The molecule has 1 amide bonds. The lowest BCUT2D eigenvalue weighted by Gasteiger charge is -2.06. The standard InChI is InChI=1S/C16H18N4O2/c1-2-22-15-6-5-12(8-17-15)16(21)18-9-13-7-14(11-3-4-11)20-10-19-13/h5-8,10-11H,2-4,9H2,1H3,(H,18,21). The maximum Gasteiger partial charge on any atom is 0.253 e. The van der Waals surface area contributed by atoms with Crippen LogP contribution in [0.2, 0.25) is 0 Å². The average molecular weight is 298 g/mol. The third kappa shape index (κ3) is 3.58. The summed E-state index contributed by atoms with van der Waals surface area (Å²) in [6, 6.07) is 5.35. The van der Waals surface area contributed by atoms with Crippen molar-refractivity contribution < 1.29 is 9.53 Å². The summed E-state index contributed by atoms with van der Waals surface area (Å²) in [4.78, 5) is 24.6. The number of carbonyl (C=O) groups is 1. The fourth-order valence-corrected chi connectivity index (χ4v) is 2.13. The van der Waals surface area contributed by atoms with E-state index in [1.807, 2.05) is 13.0 Å². The van der Waals surface area contributed by atoms with Gasteiger partial charge in [0.2, 0.25) is 5.88 Å². The number of aromatic nitrogens is 3. The van der Waals surface area contributed by atoms with Gasteiger partial charge in [-0.15, -0.1) is 0 Å². The van der Waals surface area contributed by atoms with Gasteiger partial charge in [0, 0.05) is 23.9 Å². The van der Waals surface area contributed by atoms with E-state index in [0.717, 1.165) is 11.4 Å². The van der Waals surface area contributed by atoms with E-state index < -0.39 is 0 Å². The molecule has 2 heterocycles. The SMILES string of the molecule is CCOc1ccc(C(=O)NCc2cc(C3CC3)ncn2)cn1. The molecule has 1 aliphatic carbocycles. The number of pyridine rings is 1. The summed E-state index contributed by atoms with van der Waals surface area (Å²) in [5.41, 5.74) is 2.39. The average Bonchev–Trinajstić information content (AvgIpc) is 3.39. The van der Waals surface area contributed by atoms with Crippen molar-refractivity contribution in [2.24, 2.45) is 0 Å². The van der Waals surface area contributed by atoms with E-state index in [9.17, 15) is 4.79 Å². The number of amides is 1. The highest BCUT2D eigenvalue weighted by molar-refractivity contribution is 5.93. The van der Waals surface area contributed by atoms with Crippen molar-refractivity contribution in [2.45, 2.75) is 32.2 Å². The fraction of sp³-hybridized carbons (Fsp3) is 0.375. The molecule has 0 unspecified atom stereocenters. The summed E-state index contributed by atoms with van der Waals surface area (Å²) in [7, 11) is 0. The summed E-state index contributed by atoms with van der Waals surface area (Å²) in [5.74, 6) is 0.916. The van der Waals surface area contributed by atoms with Crippen LogP contribution < -0.4 is 10.1 Å². The molecule has 0 aliphatic heterocycles. The number of nitrogens with one attached hydrogen (secondary N) is 1. The van der Waals surface area contributed by atoms with Gasteiger partial charge in [0.25, 0.3) is 5.91 Å². The van der Waals surface area contributed by atoms with Crippen LogP contribution in [-0.4, -0.2) is 27.5 Å². The molecule has 3 rings (SSSR count). The van der Waals surface area contributed by atoms with Crippen molar-refractivity contribution >= 4 is 5.91 Å². The third-order valence-corrected chi connectivity index (χ3v) is 3.46. The van der Waals surface area contributed by atoms with Crippen molar-refractivity contribution in [2.75, 3.05) is 6.61 Å². The molecule has 6 heteroatoms. The van der Waals surface area contributed by atoms with Crippen LogP contribution in [0.15, 0.2) is 30.7 Å². The second-order valence-corrected chi connectivity index (χ2v) is 5.21. The molecule has 1 aliphatic rings. The molecule has 1 N–H and O–H groups in total. The number of carbonyl (C=O) groups excluding carboxylic acids is 1. The second-order valence-electron chi connectivity index (χ2n) is 5.21. The molecule has 22 heavy (non-hydrogen) atoms. The molecule has 6 nitrogen and oxygen atoms in total. The predicted octanol–water partition coefficient (Wildman–Crippen LogP) is 2.08. The molecule has 2 aromatic rings. The first-order valence-electron chi connectivity index (χ1n) is 7.44. The molecule has 1 fully saturated rings. The molecule has 0 bridgehead atoms. The van der Waals surface area contributed by atoms with E-state index in [1.54, 1.807) is 18.5 Å². The number of ether oxygens (including phenoxy) is 1. The Kier molecular flexibility index (Phi) is 4.27. The lowest BCUT2D eigenvalue weighted by atomic mass is 10.2. The largest absolute Gasteiger partial charge is 0.478 e. The molecular formula is C16H18N4O2. The Morgan fingerprint density at radius 1 is 1.32 bits per heavy atom. The van der Waals surface area contributed by atoms with Crippen molar-refractivity contribution in [1.82, 2.24) is 20.3 Å². The minimum Gasteiger partial charge on any atom is -0.478 e. The van der Waals surface area contributed by atoms with Gasteiger partial charge in [-0.1, -0.05) is 0 Å². The predicted molar refractivity (Wildman–Crippen MR) is 80.6 cm³/mol. The molecule has 0 radical (unpaired) electrons. The Hall–Kier alpha value is -2.50. The maximum absolute atomic E-state index is 12.1. The van der Waals surface area contributed by atoms with Gasteiger partial charge in [-0.3, -0.25) is 4.79 Å². The Balaban J connectivity index is 1.58. The topological polar surface area (TPSA) is 77.0 Å². The number of nitrogens with zero attached hydrogens (tertiary/aromatic N) is 3. The first-order valence-corrected chi connectivity index (χ1v) is 7.44. The molecule has 0 aromatic carbocycles. The zero-order chi connectivity index (χ0) is 15.4. The highest BCUT2D eigenvalue weighted by Crippen LogP contribution is 2.38. The van der Waals surface area contributed by atoms with E-state index in [2.05, 4.69) is 20.3 Å². The molecule has 114 valence electrons. The summed E-state index contributed by atoms with van der Waals surface area (Å²) in [6.45, 7) is 2.82. The lowest BCUT2D eigenvalue weighted by Crippen LogP contribution is -2.23. The van der Waals surface area contributed by atoms with Gasteiger partial charge in [0.1, 0.15) is 6.33 Å². The molecule has 2 aromatic heterocycles. The van der Waals surface area contributed by atoms with E-state index >= 15 is 0 Å². The molecule has 0 atom stereocenters. The van der Waals surface area contributed by atoms with Gasteiger partial charge < -0.3 is 10.1 Å². The molecule has 1 saturated carbocycles. The van der Waals surface area contributed by atoms with Gasteiger partial charge in [0.05, 0.1) is 24.4 Å². The Labute approximate surface area is 129 Å². The van der Waals surface area contributed by atoms with Gasteiger partial charge in [-0.2, -0.15) is 0 Å². The van der Waals surface area contributed by atoms with E-state index in [0.29, 0.717) is 30.5 Å². The van der Waals surface area contributed by atoms with Crippen LogP contribution >= 0.6 is 0 Å². The van der Waals surface area contributed by atoms with Crippen LogP contribution in [0.3, 0.4) is 0 Å². The summed E-state index contributed by atoms with van der Waals surface area (Å²) >= 11 is 0. The van der Waals surface area contributed by atoms with Crippen LogP contribution in [0.4, 0.5) is 0 Å². The van der Waals surface area contributed by atoms with E-state index in [4.69, 9.17) is 4.74 Å². The van der Waals surface area contributed by atoms with Crippen LogP contribution in [-0.2, 0) is 6.54 Å². The molecule has 0 spiro atoms. The van der Waals surface area contributed by atoms with Crippen molar-refractivity contribution in [3.8, 4) is 5.88 Å². The van der Waals surface area contributed by atoms with E-state index in [-0.39, 0.29) is 5.91 Å². The third-order valence-electron chi connectivity index (χ3n) is 3.46. The zero-order valence-corrected chi connectivity index (χ0v) is 12.5. The smallest absolute Gasteiger partial charge is 0.253 e. The second kappa shape index (κ2) is 6.51. The first kappa shape index (κ1) is 14.4. The lowest BCUT2D eigenvalue weighted by molar-refractivity contribution is 0.0950. The fourth-order valence-electron chi connectivity index (χ4n) is 2.13. The monoisotopic (exact) mass is 298 g/mol. The van der Waals surface area contributed by atoms with Crippen molar-refractivity contribution in [3.63, 3.8) is 0 Å². The Bertz CT molecular complexity index is 653. The van der Waals surface area contributed by atoms with E-state index in [1.165, 1.54) is 19.0 Å². The zero-order valence-electron chi connectivity index (χ0n) is 12.5. The van der Waals surface area contributed by atoms with Gasteiger partial charge in [-0.05, 0) is 31.9 Å². The number of hydrogen-bond donors (Lipinski definition) is 1. The first-order chi connectivity index (χ1) is 10.8. The Morgan fingerprint density at radius 2 is 2.18 bits per heavy atom. The minimum absolute atomic E-state index is 0.179. The quantitative estimate of drug-likeness (QED) is 0.883. The van der Waals surface area contributed by atoms with Gasteiger partial charge in [0.15, 0.2) is 0 Å². The van der Waals surface area contributed by atoms with Crippen LogP contribution in [0.1, 0.15) is 47.4 Å². The summed E-state index contributed by atoms with van der Waals surface area (Å²) in [6.07, 6.45) is 5.46. The summed E-state index contributed by atoms with van der Waals surface area (Å²) in [5, 5.41) is 2.84. The normalized spacial score (nSPS) is 13.7. The van der Waals surface area contributed by atoms with Crippen molar-refractivity contribution in [1.29, 1.82) is 0 Å². The highest BCUT2D eigenvalue weighted by atomic mass is 16.5. The number of hydrogen-bond acceptors (Lipinski definition) is 5. The van der Waals surface area contributed by atoms with Crippen molar-refractivity contribution in [3.05, 3.63) is 47.7 Å². The molecular weight excluding hydrogens is 280 g/mol. The number of rotatable bonds is 6. The maximum atomic E-state index is 12.1. The van der Waals surface area contributed by atoms with Crippen LogP contribution in [0.5, 0.6) is 5.88 Å². The minimum atomic E-state index is -0.179.